The van der Waals surface area contributed by atoms with Gasteiger partial charge in [0.1, 0.15) is 12.4 Å². The van der Waals surface area contributed by atoms with Gasteiger partial charge in [-0.15, -0.1) is 0 Å². The van der Waals surface area contributed by atoms with Gasteiger partial charge in [0.15, 0.2) is 0 Å². The summed E-state index contributed by atoms with van der Waals surface area (Å²) in [6, 6.07) is 5.54. The molecular formula is C11H11FN4O. The van der Waals surface area contributed by atoms with E-state index >= 15 is 0 Å². The van der Waals surface area contributed by atoms with Gasteiger partial charge in [-0.05, 0) is 24.3 Å². The van der Waals surface area contributed by atoms with Crippen LogP contribution in [0.15, 0.2) is 36.7 Å². The summed E-state index contributed by atoms with van der Waals surface area (Å²) in [5.74, 6) is -0.709. The second-order valence-corrected chi connectivity index (χ2v) is 3.48. The van der Waals surface area contributed by atoms with Gasteiger partial charge < -0.3 is 11.1 Å². The second-order valence-electron chi connectivity index (χ2n) is 3.48. The number of amides is 1. The minimum atomic E-state index is -0.437. The zero-order chi connectivity index (χ0) is 12.3. The third kappa shape index (κ3) is 2.81. The van der Waals surface area contributed by atoms with E-state index in [1.165, 1.54) is 16.8 Å². The van der Waals surface area contributed by atoms with Crippen LogP contribution in [0.1, 0.15) is 0 Å². The fourth-order valence-electron chi connectivity index (χ4n) is 1.38. The maximum absolute atomic E-state index is 12.8. The molecule has 1 heterocycles. The maximum atomic E-state index is 12.8. The van der Waals surface area contributed by atoms with Gasteiger partial charge in [0, 0.05) is 12.4 Å². The zero-order valence-electron chi connectivity index (χ0n) is 8.93. The molecule has 0 unspecified atom stereocenters. The number of nitrogens with two attached hydrogens (primary N) is 1. The number of nitrogen functional groups attached to an aromatic ring is 1. The van der Waals surface area contributed by atoms with Crippen LogP contribution in [-0.2, 0) is 11.3 Å². The summed E-state index contributed by atoms with van der Waals surface area (Å²) in [5.41, 5.74) is 6.15. The first-order chi connectivity index (χ1) is 8.15. The van der Waals surface area contributed by atoms with Gasteiger partial charge in [0.05, 0.1) is 11.4 Å². The summed E-state index contributed by atoms with van der Waals surface area (Å²) in [7, 11) is 0. The minimum Gasteiger partial charge on any atom is -0.397 e. The Bertz CT molecular complexity index is 524. The summed E-state index contributed by atoms with van der Waals surface area (Å²) in [4.78, 5) is 11.6. The van der Waals surface area contributed by atoms with Crippen LogP contribution in [0.2, 0.25) is 0 Å². The standard InChI is InChI=1S/C11H11FN4O/c12-8-2-3-10(9(13)6-8)15-11(17)7-16-5-1-4-14-16/h1-6H,7,13H2,(H,15,17). The molecule has 5 nitrogen and oxygen atoms in total. The van der Waals surface area contributed by atoms with Crippen molar-refractivity contribution in [2.45, 2.75) is 6.54 Å². The first-order valence-corrected chi connectivity index (χ1v) is 4.97. The van der Waals surface area contributed by atoms with Crippen LogP contribution in [0.3, 0.4) is 0 Å². The van der Waals surface area contributed by atoms with E-state index in [2.05, 4.69) is 10.4 Å². The molecule has 0 saturated heterocycles. The average Bonchev–Trinajstić information content (AvgIpc) is 2.75. The van der Waals surface area contributed by atoms with Gasteiger partial charge in [0.25, 0.3) is 0 Å². The van der Waals surface area contributed by atoms with E-state index in [1.807, 2.05) is 0 Å². The van der Waals surface area contributed by atoms with Gasteiger partial charge in [-0.3, -0.25) is 9.48 Å². The summed E-state index contributed by atoms with van der Waals surface area (Å²) < 4.78 is 14.3. The fourth-order valence-corrected chi connectivity index (χ4v) is 1.38. The molecule has 0 fully saturated rings. The smallest absolute Gasteiger partial charge is 0.246 e. The third-order valence-electron chi connectivity index (χ3n) is 2.15. The predicted octanol–water partition coefficient (Wildman–Crippen LogP) is 1.24. The quantitative estimate of drug-likeness (QED) is 0.785. The van der Waals surface area contributed by atoms with Gasteiger partial charge in [0.2, 0.25) is 5.91 Å². The lowest BCUT2D eigenvalue weighted by Gasteiger charge is -2.08. The number of aromatic nitrogens is 2. The highest BCUT2D eigenvalue weighted by Crippen LogP contribution is 2.18. The summed E-state index contributed by atoms with van der Waals surface area (Å²) in [6.45, 7) is 0.0871. The molecule has 0 aliphatic carbocycles. The van der Waals surface area contributed by atoms with E-state index in [0.717, 1.165) is 6.07 Å². The molecule has 0 saturated carbocycles. The van der Waals surface area contributed by atoms with Crippen LogP contribution in [0.5, 0.6) is 0 Å². The monoisotopic (exact) mass is 234 g/mol. The molecule has 2 rings (SSSR count). The molecule has 2 aromatic rings. The topological polar surface area (TPSA) is 72.9 Å². The molecule has 1 amide bonds. The number of carbonyl (C=O) groups excluding carboxylic acids is 1. The maximum Gasteiger partial charge on any atom is 0.246 e. The Hall–Kier alpha value is -2.37. The molecule has 6 heteroatoms. The van der Waals surface area contributed by atoms with Gasteiger partial charge in [-0.1, -0.05) is 0 Å². The Balaban J connectivity index is 2.03. The predicted molar refractivity (Wildman–Crippen MR) is 61.7 cm³/mol. The number of anilines is 2. The zero-order valence-corrected chi connectivity index (χ0v) is 8.93. The lowest BCUT2D eigenvalue weighted by atomic mass is 10.2. The van der Waals surface area contributed by atoms with Crippen molar-refractivity contribution in [2.75, 3.05) is 11.1 Å². The number of hydrogen-bond donors (Lipinski definition) is 2. The first-order valence-electron chi connectivity index (χ1n) is 4.97. The highest BCUT2D eigenvalue weighted by atomic mass is 19.1. The highest BCUT2D eigenvalue weighted by Gasteiger charge is 2.06. The van der Waals surface area contributed by atoms with Crippen LogP contribution in [0.25, 0.3) is 0 Å². The lowest BCUT2D eigenvalue weighted by molar-refractivity contribution is -0.116. The number of rotatable bonds is 3. The van der Waals surface area contributed by atoms with Gasteiger partial charge in [-0.25, -0.2) is 4.39 Å². The van der Waals surface area contributed by atoms with Crippen LogP contribution in [-0.4, -0.2) is 15.7 Å². The molecule has 1 aromatic carbocycles. The van der Waals surface area contributed by atoms with Crippen molar-refractivity contribution in [1.82, 2.24) is 9.78 Å². The Morgan fingerprint density at radius 2 is 2.35 bits per heavy atom. The number of nitrogens with zero attached hydrogens (tertiary/aromatic N) is 2. The van der Waals surface area contributed by atoms with Crippen molar-refractivity contribution in [2.24, 2.45) is 0 Å². The molecule has 0 bridgehead atoms. The summed E-state index contributed by atoms with van der Waals surface area (Å²) >= 11 is 0. The van der Waals surface area contributed by atoms with E-state index in [0.29, 0.717) is 5.69 Å². The van der Waals surface area contributed by atoms with Crippen molar-refractivity contribution in [3.8, 4) is 0 Å². The molecule has 0 atom stereocenters. The Labute approximate surface area is 97.0 Å². The highest BCUT2D eigenvalue weighted by molar-refractivity contribution is 5.93. The lowest BCUT2D eigenvalue weighted by Crippen LogP contribution is -2.19. The van der Waals surface area contributed by atoms with E-state index in [4.69, 9.17) is 5.73 Å². The van der Waals surface area contributed by atoms with Crippen molar-refractivity contribution < 1.29 is 9.18 Å². The molecule has 0 spiro atoms. The van der Waals surface area contributed by atoms with E-state index in [-0.39, 0.29) is 18.1 Å². The SMILES string of the molecule is Nc1cc(F)ccc1NC(=O)Cn1cccn1. The van der Waals surface area contributed by atoms with Crippen LogP contribution >= 0.6 is 0 Å². The van der Waals surface area contributed by atoms with Crippen molar-refractivity contribution in [3.63, 3.8) is 0 Å². The molecular weight excluding hydrogens is 223 g/mol. The van der Waals surface area contributed by atoms with Gasteiger partial charge >= 0.3 is 0 Å². The molecule has 0 aliphatic heterocycles. The molecule has 88 valence electrons. The molecule has 0 radical (unpaired) electrons. The number of nitrogens with one attached hydrogen (secondary N) is 1. The van der Waals surface area contributed by atoms with Crippen molar-refractivity contribution in [3.05, 3.63) is 42.5 Å². The van der Waals surface area contributed by atoms with Crippen molar-refractivity contribution >= 4 is 17.3 Å². The second kappa shape index (κ2) is 4.65. The summed E-state index contributed by atoms with van der Waals surface area (Å²) in [5, 5.41) is 6.48. The van der Waals surface area contributed by atoms with E-state index in [1.54, 1.807) is 18.5 Å². The van der Waals surface area contributed by atoms with E-state index in [9.17, 15) is 9.18 Å². The Kier molecular flexibility index (Phi) is 3.04. The fraction of sp³-hybridized carbons (Fsp3) is 0.0909. The minimum absolute atomic E-state index is 0.0871. The molecule has 17 heavy (non-hydrogen) atoms. The first kappa shape index (κ1) is 11.1. The number of carbonyl (C=O) groups is 1. The van der Waals surface area contributed by atoms with Crippen LogP contribution in [0, 0.1) is 5.82 Å². The number of hydrogen-bond acceptors (Lipinski definition) is 3. The normalized spacial score (nSPS) is 10.2. The van der Waals surface area contributed by atoms with Crippen LogP contribution in [0.4, 0.5) is 15.8 Å². The Morgan fingerprint density at radius 1 is 1.53 bits per heavy atom. The average molecular weight is 234 g/mol. The van der Waals surface area contributed by atoms with Crippen LogP contribution < -0.4 is 11.1 Å². The Morgan fingerprint density at radius 3 is 3.00 bits per heavy atom. The van der Waals surface area contributed by atoms with Gasteiger partial charge in [-0.2, -0.15) is 5.10 Å². The number of halogens is 1. The molecule has 1 aromatic heterocycles. The third-order valence-corrected chi connectivity index (χ3v) is 2.15. The van der Waals surface area contributed by atoms with Crippen molar-refractivity contribution in [1.29, 1.82) is 0 Å². The summed E-state index contributed by atoms with van der Waals surface area (Å²) in [6.07, 6.45) is 3.26. The number of benzene rings is 1. The molecule has 3 N–H and O–H groups in total. The largest absolute Gasteiger partial charge is 0.397 e. The van der Waals surface area contributed by atoms with E-state index < -0.39 is 5.82 Å². The molecule has 0 aliphatic rings.